The third-order valence-corrected chi connectivity index (χ3v) is 10.1. The predicted octanol–water partition coefficient (Wildman–Crippen LogP) is 5.90. The zero-order valence-corrected chi connectivity index (χ0v) is 28.1. The Morgan fingerprint density at radius 3 is 2.48 bits per heavy atom. The topological polar surface area (TPSA) is 138 Å². The molecule has 13 heteroatoms. The number of hydrogen-bond acceptors (Lipinski definition) is 8. The van der Waals surface area contributed by atoms with Crippen LogP contribution in [0.25, 0.3) is 10.9 Å². The molecule has 0 radical (unpaired) electrons. The number of phenolic OH excluding ortho intramolecular Hbond substituents is 1. The van der Waals surface area contributed by atoms with E-state index in [1.807, 2.05) is 0 Å². The summed E-state index contributed by atoms with van der Waals surface area (Å²) in [4.78, 5) is 47.4. The van der Waals surface area contributed by atoms with Gasteiger partial charge in [0.05, 0.1) is 23.4 Å². The maximum Gasteiger partial charge on any atom is 0.323 e. The monoisotopic (exact) mass is 676 g/mol. The van der Waals surface area contributed by atoms with Crippen LogP contribution in [-0.4, -0.2) is 69.6 Å². The molecule has 1 unspecified atom stereocenters. The Hall–Kier alpha value is -4.80. The second-order valence-electron chi connectivity index (χ2n) is 12.0. The highest BCUT2D eigenvalue weighted by Gasteiger charge is 2.37. The SMILES string of the molecule is CC(C)OC(=O)[C@H](C)NP(=O)(CCCN(C)C(=O)c1c2c(c(O)c3ncccc13)C(=O)N(Cc1ccc(F)cc1)C2)Oc1ccccc1. The van der Waals surface area contributed by atoms with Gasteiger partial charge in [-0.25, -0.2) is 9.48 Å². The van der Waals surface area contributed by atoms with E-state index >= 15 is 0 Å². The van der Waals surface area contributed by atoms with Crippen LogP contribution in [0.15, 0.2) is 72.9 Å². The fraction of sp³-hybridized carbons (Fsp3) is 0.314. The van der Waals surface area contributed by atoms with Crippen molar-refractivity contribution in [3.8, 4) is 11.5 Å². The van der Waals surface area contributed by atoms with E-state index in [1.54, 1.807) is 82.4 Å². The summed E-state index contributed by atoms with van der Waals surface area (Å²) in [6.07, 6.45) is 1.33. The fourth-order valence-electron chi connectivity index (χ4n) is 5.61. The number of ether oxygens (including phenoxy) is 1. The number of hydrogen-bond donors (Lipinski definition) is 2. The zero-order chi connectivity index (χ0) is 34.6. The Kier molecular flexibility index (Phi) is 10.5. The Morgan fingerprint density at radius 1 is 1.08 bits per heavy atom. The molecule has 0 bridgehead atoms. The number of carbonyl (C=O) groups excluding carboxylic acids is 3. The van der Waals surface area contributed by atoms with E-state index < -0.39 is 37.2 Å². The summed E-state index contributed by atoms with van der Waals surface area (Å²) in [5, 5.41) is 14.4. The van der Waals surface area contributed by atoms with Crippen molar-refractivity contribution >= 4 is 36.2 Å². The van der Waals surface area contributed by atoms with E-state index in [2.05, 4.69) is 10.1 Å². The molecule has 2 amide bonds. The molecule has 252 valence electrons. The van der Waals surface area contributed by atoms with E-state index in [0.717, 1.165) is 0 Å². The van der Waals surface area contributed by atoms with Crippen LogP contribution in [0.2, 0.25) is 0 Å². The molecule has 2 atom stereocenters. The number of halogens is 1. The highest BCUT2D eigenvalue weighted by molar-refractivity contribution is 7.57. The molecule has 0 saturated carbocycles. The number of pyridine rings is 1. The van der Waals surface area contributed by atoms with Crippen molar-refractivity contribution in [2.24, 2.45) is 0 Å². The Labute approximate surface area is 278 Å². The van der Waals surface area contributed by atoms with Gasteiger partial charge in [-0.3, -0.25) is 23.9 Å². The van der Waals surface area contributed by atoms with E-state index in [4.69, 9.17) is 9.26 Å². The smallest absolute Gasteiger partial charge is 0.323 e. The van der Waals surface area contributed by atoms with Gasteiger partial charge in [0.15, 0.2) is 5.75 Å². The number of phenols is 1. The number of para-hydroxylation sites is 1. The Bertz CT molecular complexity index is 1870. The van der Waals surface area contributed by atoms with Gasteiger partial charge in [0.25, 0.3) is 11.8 Å². The number of fused-ring (bicyclic) bond motifs is 2. The lowest BCUT2D eigenvalue weighted by atomic mass is 9.95. The Balaban J connectivity index is 1.37. The van der Waals surface area contributed by atoms with Crippen LogP contribution in [-0.2, 0) is 27.2 Å². The normalized spacial score (nSPS) is 14.5. The molecule has 11 nitrogen and oxygen atoms in total. The molecular weight excluding hydrogens is 638 g/mol. The van der Waals surface area contributed by atoms with Crippen molar-refractivity contribution < 1.29 is 37.7 Å². The molecule has 0 spiro atoms. The first-order valence-corrected chi connectivity index (χ1v) is 17.4. The summed E-state index contributed by atoms with van der Waals surface area (Å²) < 4.78 is 38.7. The Morgan fingerprint density at radius 2 is 1.79 bits per heavy atom. The minimum absolute atomic E-state index is 0.00675. The molecule has 3 aromatic carbocycles. The van der Waals surface area contributed by atoms with Gasteiger partial charge in [-0.2, -0.15) is 0 Å². The number of nitrogens with zero attached hydrogens (tertiary/aromatic N) is 3. The first kappa shape index (κ1) is 34.5. The average molecular weight is 677 g/mol. The van der Waals surface area contributed by atoms with Crippen LogP contribution in [0.4, 0.5) is 4.39 Å². The molecule has 48 heavy (non-hydrogen) atoms. The minimum Gasteiger partial charge on any atom is -0.505 e. The summed E-state index contributed by atoms with van der Waals surface area (Å²) >= 11 is 0. The molecule has 2 N–H and O–H groups in total. The van der Waals surface area contributed by atoms with Gasteiger partial charge < -0.3 is 24.2 Å². The van der Waals surface area contributed by atoms with Gasteiger partial charge in [0.2, 0.25) is 0 Å². The van der Waals surface area contributed by atoms with Crippen molar-refractivity contribution in [3.05, 3.63) is 101 Å². The molecule has 1 aromatic heterocycles. The zero-order valence-electron chi connectivity index (χ0n) is 27.2. The average Bonchev–Trinajstić information content (AvgIpc) is 3.37. The van der Waals surface area contributed by atoms with Crippen molar-refractivity contribution in [1.29, 1.82) is 0 Å². The molecule has 1 aliphatic heterocycles. The maximum absolute atomic E-state index is 14.1. The van der Waals surface area contributed by atoms with Crippen LogP contribution in [0.1, 0.15) is 59.0 Å². The van der Waals surface area contributed by atoms with E-state index in [-0.39, 0.29) is 60.7 Å². The van der Waals surface area contributed by atoms with Crippen molar-refractivity contribution in [2.75, 3.05) is 19.8 Å². The van der Waals surface area contributed by atoms with Gasteiger partial charge in [0.1, 0.15) is 23.1 Å². The first-order chi connectivity index (χ1) is 22.9. The summed E-state index contributed by atoms with van der Waals surface area (Å²) in [7, 11) is -2.08. The summed E-state index contributed by atoms with van der Waals surface area (Å²) in [5.74, 6) is -1.80. The second-order valence-corrected chi connectivity index (χ2v) is 14.2. The molecule has 2 heterocycles. The molecule has 5 rings (SSSR count). The summed E-state index contributed by atoms with van der Waals surface area (Å²) in [6, 6.07) is 16.7. The number of benzene rings is 3. The standard InChI is InChI=1S/C35H38FN4O7P/c1-22(2)46-35(44)23(3)38-48(45,47-26-10-6-5-7-11-26)19-9-18-39(4)33(42)29-27-12-8-17-37-31(27)32(41)30-28(29)21-40(34(30)43)20-24-13-15-25(36)16-14-24/h5-8,10-17,22-23,41H,9,18-21H2,1-4H3,(H,38,45)/t23-,48?/m0/s1. The maximum atomic E-state index is 14.1. The number of rotatable bonds is 13. The van der Waals surface area contributed by atoms with E-state index in [0.29, 0.717) is 22.3 Å². The lowest BCUT2D eigenvalue weighted by Gasteiger charge is -2.25. The lowest BCUT2D eigenvalue weighted by Crippen LogP contribution is -2.37. The number of aromatic hydroxyl groups is 1. The van der Waals surface area contributed by atoms with Crippen LogP contribution < -0.4 is 9.61 Å². The van der Waals surface area contributed by atoms with Gasteiger partial charge >= 0.3 is 13.5 Å². The molecule has 0 saturated heterocycles. The van der Waals surface area contributed by atoms with Gasteiger partial charge in [0, 0.05) is 43.8 Å². The van der Waals surface area contributed by atoms with Crippen LogP contribution in [0.5, 0.6) is 11.5 Å². The third-order valence-electron chi connectivity index (χ3n) is 7.88. The number of aromatic nitrogens is 1. The first-order valence-electron chi connectivity index (χ1n) is 15.6. The third kappa shape index (κ3) is 7.67. The van der Waals surface area contributed by atoms with E-state index in [9.17, 15) is 28.4 Å². The van der Waals surface area contributed by atoms with Gasteiger partial charge in [-0.1, -0.05) is 36.4 Å². The summed E-state index contributed by atoms with van der Waals surface area (Å²) in [5.41, 5.74) is 1.42. The van der Waals surface area contributed by atoms with Gasteiger partial charge in [-0.15, -0.1) is 0 Å². The van der Waals surface area contributed by atoms with Crippen LogP contribution in [0, 0.1) is 5.82 Å². The molecular formula is C35H38FN4O7P. The highest BCUT2D eigenvalue weighted by atomic mass is 31.2. The largest absolute Gasteiger partial charge is 0.505 e. The van der Waals surface area contributed by atoms with Crippen molar-refractivity contribution in [3.63, 3.8) is 0 Å². The molecule has 0 fully saturated rings. The highest BCUT2D eigenvalue weighted by Crippen LogP contribution is 2.45. The van der Waals surface area contributed by atoms with Crippen LogP contribution >= 0.6 is 7.52 Å². The number of esters is 1. The summed E-state index contributed by atoms with van der Waals surface area (Å²) in [6.45, 7) is 5.34. The van der Waals surface area contributed by atoms with Crippen LogP contribution in [0.3, 0.4) is 0 Å². The predicted molar refractivity (Wildman–Crippen MR) is 178 cm³/mol. The number of carbonyl (C=O) groups is 3. The van der Waals surface area contributed by atoms with Crippen molar-refractivity contribution in [2.45, 2.75) is 52.4 Å². The molecule has 1 aliphatic rings. The quantitative estimate of drug-likeness (QED) is 0.131. The molecule has 4 aromatic rings. The number of amides is 2. The lowest BCUT2D eigenvalue weighted by molar-refractivity contribution is -0.149. The fourth-order valence-corrected chi connectivity index (χ4v) is 7.60. The second kappa shape index (κ2) is 14.5. The minimum atomic E-state index is -3.67. The number of nitrogens with one attached hydrogen (secondary N) is 1. The van der Waals surface area contributed by atoms with Crippen molar-refractivity contribution in [1.82, 2.24) is 19.9 Å². The van der Waals surface area contributed by atoms with Gasteiger partial charge in [-0.05, 0) is 63.1 Å². The molecule has 0 aliphatic carbocycles. The van der Waals surface area contributed by atoms with E-state index in [1.165, 1.54) is 28.1 Å².